The molecule has 1 saturated heterocycles. The maximum Gasteiger partial charge on any atom is 0.385 e. The van der Waals surface area contributed by atoms with Gasteiger partial charge in [-0.05, 0) is 30.2 Å². The van der Waals surface area contributed by atoms with Gasteiger partial charge in [-0.15, -0.1) is 0 Å². The van der Waals surface area contributed by atoms with Crippen molar-refractivity contribution in [1.29, 1.82) is 5.39 Å². The summed E-state index contributed by atoms with van der Waals surface area (Å²) in [5, 5.41) is 8.71. The molecule has 1 heterocycles. The molecule has 2 aromatic carbocycles. The summed E-state index contributed by atoms with van der Waals surface area (Å²) in [7, 11) is 0. The maximum absolute atomic E-state index is 12.5. The first kappa shape index (κ1) is 13.3. The fraction of sp³-hybridized carbons (Fsp3) is 0.235. The second kappa shape index (κ2) is 5.02. The van der Waals surface area contributed by atoms with Crippen LogP contribution in [0.4, 0.5) is 5.69 Å². The Bertz CT molecular complexity index is 703. The second-order valence-electron chi connectivity index (χ2n) is 5.63. The van der Waals surface area contributed by atoms with Gasteiger partial charge in [0.15, 0.2) is 4.98 Å². The van der Waals surface area contributed by atoms with Crippen LogP contribution >= 0.6 is 0 Å². The Kier molecular flexibility index (Phi) is 3.19. The van der Waals surface area contributed by atoms with Gasteiger partial charge in [0.05, 0.1) is 5.41 Å². The van der Waals surface area contributed by atoms with Crippen LogP contribution in [0.2, 0.25) is 0 Å². The number of benzene rings is 2. The summed E-state index contributed by atoms with van der Waals surface area (Å²) in [6.07, 6.45) is 0. The minimum Gasteiger partial charge on any atom is -0.336 e. The van der Waals surface area contributed by atoms with Gasteiger partial charge in [-0.3, -0.25) is 4.79 Å². The highest BCUT2D eigenvalue weighted by Crippen LogP contribution is 2.37. The van der Waals surface area contributed by atoms with Gasteiger partial charge in [-0.25, -0.2) is 0 Å². The molecule has 3 rings (SSSR count). The molecule has 0 radical (unpaired) electrons. The SMILES string of the molecule is CC1(c2ccc([N+]#N)cc2)CN(Cc2ccccc2)C1=O. The van der Waals surface area contributed by atoms with Crippen LogP contribution in [0.5, 0.6) is 0 Å². The number of amides is 1. The van der Waals surface area contributed by atoms with E-state index in [0.717, 1.165) is 11.1 Å². The van der Waals surface area contributed by atoms with Gasteiger partial charge in [0.2, 0.25) is 11.3 Å². The molecule has 4 nitrogen and oxygen atoms in total. The molecular formula is C17H16N3O+. The Morgan fingerprint density at radius 2 is 1.81 bits per heavy atom. The molecule has 0 bridgehead atoms. The number of hydrogen-bond donors (Lipinski definition) is 0. The Balaban J connectivity index is 1.74. The number of carbonyl (C=O) groups is 1. The topological polar surface area (TPSA) is 48.5 Å². The zero-order valence-electron chi connectivity index (χ0n) is 11.9. The van der Waals surface area contributed by atoms with E-state index in [1.165, 1.54) is 0 Å². The van der Waals surface area contributed by atoms with E-state index < -0.39 is 5.41 Å². The first-order valence-corrected chi connectivity index (χ1v) is 6.92. The summed E-state index contributed by atoms with van der Waals surface area (Å²) in [6.45, 7) is 3.32. The van der Waals surface area contributed by atoms with Gasteiger partial charge >= 0.3 is 5.69 Å². The highest BCUT2D eigenvalue weighted by molar-refractivity contribution is 5.94. The number of carbonyl (C=O) groups excluding carboxylic acids is 1. The monoisotopic (exact) mass is 278 g/mol. The van der Waals surface area contributed by atoms with Crippen LogP contribution in [0, 0.1) is 5.39 Å². The van der Waals surface area contributed by atoms with Gasteiger partial charge in [0.25, 0.3) is 0 Å². The van der Waals surface area contributed by atoms with Crippen molar-refractivity contribution in [2.75, 3.05) is 6.54 Å². The Hall–Kier alpha value is -2.67. The molecule has 1 aliphatic heterocycles. The third-order valence-corrected chi connectivity index (χ3v) is 4.10. The lowest BCUT2D eigenvalue weighted by Crippen LogP contribution is -2.62. The van der Waals surface area contributed by atoms with Crippen LogP contribution in [0.1, 0.15) is 18.1 Å². The predicted octanol–water partition coefficient (Wildman–Crippen LogP) is 3.47. The highest BCUT2D eigenvalue weighted by Gasteiger charge is 2.49. The highest BCUT2D eigenvalue weighted by atomic mass is 16.2. The Labute approximate surface area is 123 Å². The van der Waals surface area contributed by atoms with Crippen molar-refractivity contribution in [2.24, 2.45) is 0 Å². The first-order valence-electron chi connectivity index (χ1n) is 6.92. The fourth-order valence-corrected chi connectivity index (χ4v) is 2.82. The van der Waals surface area contributed by atoms with Crippen LogP contribution in [0.25, 0.3) is 4.98 Å². The van der Waals surface area contributed by atoms with Crippen molar-refractivity contribution in [3.8, 4) is 0 Å². The zero-order chi connectivity index (χ0) is 14.9. The summed E-state index contributed by atoms with van der Waals surface area (Å²) in [5.74, 6) is 0.139. The van der Waals surface area contributed by atoms with E-state index in [1.54, 1.807) is 12.1 Å². The number of rotatable bonds is 3. The molecule has 1 amide bonds. The van der Waals surface area contributed by atoms with Gasteiger partial charge in [-0.1, -0.05) is 30.3 Å². The molecule has 1 atom stereocenters. The summed E-state index contributed by atoms with van der Waals surface area (Å²) in [4.78, 5) is 17.5. The van der Waals surface area contributed by atoms with Crippen molar-refractivity contribution in [3.63, 3.8) is 0 Å². The summed E-state index contributed by atoms with van der Waals surface area (Å²) >= 11 is 0. The molecule has 0 aromatic heterocycles. The third-order valence-electron chi connectivity index (χ3n) is 4.10. The van der Waals surface area contributed by atoms with Crippen LogP contribution in [-0.4, -0.2) is 17.4 Å². The molecule has 1 aliphatic rings. The lowest BCUT2D eigenvalue weighted by atomic mass is 9.74. The Morgan fingerprint density at radius 3 is 2.38 bits per heavy atom. The normalized spacial score (nSPS) is 20.8. The third kappa shape index (κ3) is 2.27. The zero-order valence-corrected chi connectivity index (χ0v) is 11.9. The number of nitrogens with zero attached hydrogens (tertiary/aromatic N) is 3. The van der Waals surface area contributed by atoms with Crippen LogP contribution in [-0.2, 0) is 16.8 Å². The molecule has 104 valence electrons. The number of diazo groups is 1. The average molecular weight is 278 g/mol. The minimum atomic E-state index is -0.469. The molecule has 21 heavy (non-hydrogen) atoms. The predicted molar refractivity (Wildman–Crippen MR) is 80.4 cm³/mol. The maximum atomic E-state index is 12.5. The van der Waals surface area contributed by atoms with Gasteiger partial charge in [-0.2, -0.15) is 0 Å². The second-order valence-corrected chi connectivity index (χ2v) is 5.63. The molecular weight excluding hydrogens is 262 g/mol. The van der Waals surface area contributed by atoms with E-state index in [4.69, 9.17) is 5.39 Å². The molecule has 4 heteroatoms. The molecule has 0 saturated carbocycles. The largest absolute Gasteiger partial charge is 0.385 e. The average Bonchev–Trinajstić information content (AvgIpc) is 2.55. The lowest BCUT2D eigenvalue weighted by molar-refractivity contribution is -0.151. The van der Waals surface area contributed by atoms with Crippen molar-refractivity contribution < 1.29 is 4.79 Å². The smallest absolute Gasteiger partial charge is 0.336 e. The molecule has 2 aromatic rings. The summed E-state index contributed by atoms with van der Waals surface area (Å²) in [6, 6.07) is 17.1. The van der Waals surface area contributed by atoms with Crippen LogP contribution in [0.15, 0.2) is 54.6 Å². The van der Waals surface area contributed by atoms with E-state index in [1.807, 2.05) is 54.3 Å². The van der Waals surface area contributed by atoms with Crippen molar-refractivity contribution >= 4 is 11.6 Å². The van der Waals surface area contributed by atoms with Crippen molar-refractivity contribution in [2.45, 2.75) is 18.9 Å². The quantitative estimate of drug-likeness (QED) is 0.637. The van der Waals surface area contributed by atoms with E-state index >= 15 is 0 Å². The van der Waals surface area contributed by atoms with Gasteiger partial charge in [0, 0.05) is 25.2 Å². The van der Waals surface area contributed by atoms with E-state index in [-0.39, 0.29) is 5.91 Å². The minimum absolute atomic E-state index is 0.139. The molecule has 0 N–H and O–H groups in total. The Morgan fingerprint density at radius 1 is 1.14 bits per heavy atom. The van der Waals surface area contributed by atoms with Crippen molar-refractivity contribution in [3.05, 3.63) is 70.7 Å². The van der Waals surface area contributed by atoms with Crippen LogP contribution in [0.3, 0.4) is 0 Å². The molecule has 0 aliphatic carbocycles. The molecule has 1 unspecified atom stereocenters. The van der Waals surface area contributed by atoms with Gasteiger partial charge < -0.3 is 4.90 Å². The lowest BCUT2D eigenvalue weighted by Gasteiger charge is -2.47. The number of hydrogen-bond acceptors (Lipinski definition) is 2. The summed E-state index contributed by atoms with van der Waals surface area (Å²) < 4.78 is 0. The van der Waals surface area contributed by atoms with Gasteiger partial charge in [0.1, 0.15) is 0 Å². The number of likely N-dealkylation sites (tertiary alicyclic amines) is 1. The summed E-state index contributed by atoms with van der Waals surface area (Å²) in [5.41, 5.74) is 2.13. The van der Waals surface area contributed by atoms with E-state index in [9.17, 15) is 4.79 Å². The van der Waals surface area contributed by atoms with Crippen molar-refractivity contribution in [1.82, 2.24) is 4.90 Å². The van der Waals surface area contributed by atoms with Crippen LogP contribution < -0.4 is 0 Å². The molecule has 0 spiro atoms. The standard InChI is InChI=1S/C17H16N3O/c1-17(14-7-9-15(19-18)10-8-14)12-20(16(17)21)11-13-5-3-2-4-6-13/h2-10H,11-12H2,1H3/q+1. The fourth-order valence-electron chi connectivity index (χ4n) is 2.82. The first-order chi connectivity index (χ1) is 10.1. The molecule has 1 fully saturated rings. The number of β-lactam (4-membered cyclic amide) rings is 1. The van der Waals surface area contributed by atoms with E-state index in [2.05, 4.69) is 4.98 Å². The van der Waals surface area contributed by atoms with E-state index in [0.29, 0.717) is 18.8 Å².